The van der Waals surface area contributed by atoms with E-state index in [-0.39, 0.29) is 4.99 Å². The lowest BCUT2D eigenvalue weighted by atomic mass is 10.3. The predicted octanol–water partition coefficient (Wildman–Crippen LogP) is 1.10. The van der Waals surface area contributed by atoms with Crippen LogP contribution in [0.3, 0.4) is 0 Å². The van der Waals surface area contributed by atoms with E-state index < -0.39 is 15.3 Å². The summed E-state index contributed by atoms with van der Waals surface area (Å²) in [6.07, 6.45) is 0. The molecule has 0 saturated heterocycles. The van der Waals surface area contributed by atoms with Gasteiger partial charge in [-0.05, 0) is 19.1 Å². The van der Waals surface area contributed by atoms with Crippen LogP contribution in [0.1, 0.15) is 6.92 Å². The lowest BCUT2D eigenvalue weighted by Crippen LogP contribution is -2.35. The third kappa shape index (κ3) is 3.17. The molecule has 0 aromatic heterocycles. The first-order chi connectivity index (χ1) is 6.93. The van der Waals surface area contributed by atoms with E-state index in [1.54, 1.807) is 30.3 Å². The number of rotatable bonds is 4. The van der Waals surface area contributed by atoms with E-state index >= 15 is 0 Å². The van der Waals surface area contributed by atoms with Crippen molar-refractivity contribution in [2.75, 3.05) is 4.72 Å². The van der Waals surface area contributed by atoms with Crippen molar-refractivity contribution in [3.63, 3.8) is 0 Å². The van der Waals surface area contributed by atoms with E-state index in [4.69, 9.17) is 5.73 Å². The maximum absolute atomic E-state index is 11.7. The number of nitrogens with one attached hydrogen (secondary N) is 1. The molecule has 0 amide bonds. The lowest BCUT2D eigenvalue weighted by molar-refractivity contribution is 0.598. The van der Waals surface area contributed by atoms with Crippen molar-refractivity contribution < 1.29 is 8.42 Å². The minimum atomic E-state index is -3.53. The number of thiocarbonyl (C=S) groups is 1. The summed E-state index contributed by atoms with van der Waals surface area (Å²) in [6.45, 7) is 1.45. The topological polar surface area (TPSA) is 72.2 Å². The van der Waals surface area contributed by atoms with Gasteiger partial charge in [-0.25, -0.2) is 8.42 Å². The van der Waals surface area contributed by atoms with Gasteiger partial charge in [0.2, 0.25) is 10.0 Å². The second-order valence-electron chi connectivity index (χ2n) is 3.06. The fourth-order valence-electron chi connectivity index (χ4n) is 0.912. The van der Waals surface area contributed by atoms with Gasteiger partial charge in [0.15, 0.2) is 0 Å². The second kappa shape index (κ2) is 4.59. The normalized spacial score (nSPS) is 13.1. The Morgan fingerprint density at radius 2 is 1.93 bits per heavy atom. The number of hydrogen-bond donors (Lipinski definition) is 2. The van der Waals surface area contributed by atoms with Crippen LogP contribution in [0.25, 0.3) is 0 Å². The lowest BCUT2D eigenvalue weighted by Gasteiger charge is -2.13. The summed E-state index contributed by atoms with van der Waals surface area (Å²) in [5.74, 6) is 0. The van der Waals surface area contributed by atoms with Crippen molar-refractivity contribution in [1.82, 2.24) is 0 Å². The smallest absolute Gasteiger partial charge is 0.241 e. The van der Waals surface area contributed by atoms with Crippen molar-refractivity contribution in [2.24, 2.45) is 5.73 Å². The number of para-hydroxylation sites is 1. The minimum Gasteiger partial charge on any atom is -0.392 e. The Hall–Kier alpha value is -1.14. The molecule has 0 aliphatic rings. The Morgan fingerprint density at radius 1 is 1.40 bits per heavy atom. The average Bonchev–Trinajstić information content (AvgIpc) is 2.17. The maximum Gasteiger partial charge on any atom is 0.241 e. The van der Waals surface area contributed by atoms with E-state index in [2.05, 4.69) is 16.9 Å². The predicted molar refractivity (Wildman–Crippen MR) is 65.2 cm³/mol. The van der Waals surface area contributed by atoms with Gasteiger partial charge in [-0.15, -0.1) is 0 Å². The highest BCUT2D eigenvalue weighted by Gasteiger charge is 2.22. The largest absolute Gasteiger partial charge is 0.392 e. The van der Waals surface area contributed by atoms with Gasteiger partial charge < -0.3 is 5.73 Å². The van der Waals surface area contributed by atoms with Gasteiger partial charge in [-0.1, -0.05) is 30.4 Å². The zero-order valence-electron chi connectivity index (χ0n) is 8.17. The Labute approximate surface area is 94.5 Å². The van der Waals surface area contributed by atoms with Gasteiger partial charge in [0.25, 0.3) is 0 Å². The molecule has 1 unspecified atom stereocenters. The molecule has 0 saturated carbocycles. The third-order valence-corrected chi connectivity index (χ3v) is 4.11. The molecule has 1 rings (SSSR count). The van der Waals surface area contributed by atoms with Crippen LogP contribution >= 0.6 is 12.2 Å². The maximum atomic E-state index is 11.7. The van der Waals surface area contributed by atoms with E-state index in [0.717, 1.165) is 0 Å². The van der Waals surface area contributed by atoms with E-state index in [1.807, 2.05) is 0 Å². The molecule has 6 heteroatoms. The zero-order chi connectivity index (χ0) is 11.5. The highest BCUT2D eigenvalue weighted by atomic mass is 32.2. The summed E-state index contributed by atoms with van der Waals surface area (Å²) in [4.78, 5) is -0.0431. The molecule has 0 aliphatic heterocycles. The number of nitrogens with two attached hydrogens (primary N) is 1. The van der Waals surface area contributed by atoms with Crippen LogP contribution in [-0.2, 0) is 10.0 Å². The van der Waals surface area contributed by atoms with Crippen LogP contribution in [-0.4, -0.2) is 18.7 Å². The first-order valence-electron chi connectivity index (χ1n) is 4.29. The molecule has 1 aromatic rings. The van der Waals surface area contributed by atoms with Gasteiger partial charge in [0.1, 0.15) is 5.25 Å². The number of sulfonamides is 1. The summed E-state index contributed by atoms with van der Waals surface area (Å²) in [5.41, 5.74) is 5.79. The average molecular weight is 244 g/mol. The van der Waals surface area contributed by atoms with Crippen molar-refractivity contribution in [2.45, 2.75) is 12.2 Å². The van der Waals surface area contributed by atoms with Crippen LogP contribution in [0.2, 0.25) is 0 Å². The molecule has 1 aromatic carbocycles. The first-order valence-corrected chi connectivity index (χ1v) is 6.25. The molecular weight excluding hydrogens is 232 g/mol. The number of anilines is 1. The van der Waals surface area contributed by atoms with Crippen LogP contribution in [0.4, 0.5) is 5.69 Å². The summed E-state index contributed by atoms with van der Waals surface area (Å²) < 4.78 is 25.7. The van der Waals surface area contributed by atoms with Gasteiger partial charge in [-0.3, -0.25) is 4.72 Å². The van der Waals surface area contributed by atoms with Crippen molar-refractivity contribution in [3.8, 4) is 0 Å². The van der Waals surface area contributed by atoms with Gasteiger partial charge in [0.05, 0.1) is 4.99 Å². The summed E-state index contributed by atoms with van der Waals surface area (Å²) >= 11 is 4.64. The minimum absolute atomic E-state index is 0.0431. The van der Waals surface area contributed by atoms with Gasteiger partial charge in [0, 0.05) is 5.69 Å². The SMILES string of the molecule is CC(C(N)=S)S(=O)(=O)Nc1ccccc1. The molecule has 0 spiro atoms. The van der Waals surface area contributed by atoms with Gasteiger partial charge >= 0.3 is 0 Å². The highest BCUT2D eigenvalue weighted by Crippen LogP contribution is 2.11. The molecular formula is C9H12N2O2S2. The van der Waals surface area contributed by atoms with Crippen molar-refractivity contribution in [3.05, 3.63) is 30.3 Å². The van der Waals surface area contributed by atoms with E-state index in [9.17, 15) is 8.42 Å². The number of benzene rings is 1. The summed E-state index contributed by atoms with van der Waals surface area (Å²) in [5, 5.41) is -0.882. The Bertz CT molecular complexity index is 442. The fourth-order valence-corrected chi connectivity index (χ4v) is 2.24. The third-order valence-electron chi connectivity index (χ3n) is 1.90. The van der Waals surface area contributed by atoms with Crippen LogP contribution < -0.4 is 10.5 Å². The molecule has 0 bridgehead atoms. The molecule has 1 atom stereocenters. The molecule has 0 radical (unpaired) electrons. The molecule has 3 N–H and O–H groups in total. The molecule has 0 aliphatic carbocycles. The van der Waals surface area contributed by atoms with Crippen molar-refractivity contribution >= 4 is 32.9 Å². The first kappa shape index (κ1) is 11.9. The Balaban J connectivity index is 2.87. The molecule has 15 heavy (non-hydrogen) atoms. The summed E-state index contributed by atoms with van der Waals surface area (Å²) in [7, 11) is -3.53. The van der Waals surface area contributed by atoms with E-state index in [0.29, 0.717) is 5.69 Å². The number of hydrogen-bond acceptors (Lipinski definition) is 3. The Kier molecular flexibility index (Phi) is 3.65. The molecule has 82 valence electrons. The fraction of sp³-hybridized carbons (Fsp3) is 0.222. The molecule has 4 nitrogen and oxygen atoms in total. The monoisotopic (exact) mass is 244 g/mol. The second-order valence-corrected chi connectivity index (χ2v) is 5.53. The molecule has 0 fully saturated rings. The standard InChI is InChI=1S/C9H12N2O2S2/c1-7(9(10)14)15(12,13)11-8-5-3-2-4-6-8/h2-7,11H,1H3,(H2,10,14). The van der Waals surface area contributed by atoms with E-state index in [1.165, 1.54) is 6.92 Å². The van der Waals surface area contributed by atoms with Crippen LogP contribution in [0.5, 0.6) is 0 Å². The van der Waals surface area contributed by atoms with Crippen molar-refractivity contribution in [1.29, 1.82) is 0 Å². The Morgan fingerprint density at radius 3 is 2.40 bits per heavy atom. The quantitative estimate of drug-likeness (QED) is 0.778. The highest BCUT2D eigenvalue weighted by molar-refractivity contribution is 7.95. The summed E-state index contributed by atoms with van der Waals surface area (Å²) in [6, 6.07) is 8.59. The van der Waals surface area contributed by atoms with Gasteiger partial charge in [-0.2, -0.15) is 0 Å². The van der Waals surface area contributed by atoms with Crippen LogP contribution in [0.15, 0.2) is 30.3 Å². The zero-order valence-corrected chi connectivity index (χ0v) is 9.81. The molecule has 0 heterocycles. The van der Waals surface area contributed by atoms with Crippen LogP contribution in [0, 0.1) is 0 Å².